The van der Waals surface area contributed by atoms with Gasteiger partial charge in [-0.05, 0) is 31.2 Å². The second-order valence-corrected chi connectivity index (χ2v) is 5.45. The van der Waals surface area contributed by atoms with Gasteiger partial charge in [0.1, 0.15) is 0 Å². The molecular weight excluding hydrogens is 281 g/mol. The van der Waals surface area contributed by atoms with Gasteiger partial charge < -0.3 is 14.5 Å². The molecule has 1 fully saturated rings. The lowest BCUT2D eigenvalue weighted by atomic mass is 10.2. The van der Waals surface area contributed by atoms with Crippen LogP contribution < -0.4 is 14.5 Å². The normalized spacial score (nSPS) is 15.0. The molecule has 0 unspecified atom stereocenters. The van der Waals surface area contributed by atoms with Crippen molar-refractivity contribution >= 4 is 11.4 Å². The van der Waals surface area contributed by atoms with E-state index >= 15 is 0 Å². The Labute approximate surface area is 130 Å². The second kappa shape index (κ2) is 6.22. The van der Waals surface area contributed by atoms with Crippen LogP contribution >= 0.6 is 0 Å². The van der Waals surface area contributed by atoms with Crippen LogP contribution in [0.5, 0.6) is 5.75 Å². The van der Waals surface area contributed by atoms with E-state index in [0.717, 1.165) is 37.6 Å². The molecule has 0 aliphatic carbocycles. The van der Waals surface area contributed by atoms with Crippen LogP contribution in [0.25, 0.3) is 0 Å². The number of hydrogen-bond donors (Lipinski definition) is 0. The Morgan fingerprint density at radius 1 is 1.00 bits per heavy atom. The van der Waals surface area contributed by atoms with Crippen LogP contribution in [-0.2, 0) is 0 Å². The fraction of sp³-hybridized carbons (Fsp3) is 0.353. The number of aryl methyl sites for hydroxylation is 1. The number of halogens is 1. The number of hydrogen-bond acceptors (Lipinski definition) is 4. The molecule has 2 aromatic rings. The summed E-state index contributed by atoms with van der Waals surface area (Å²) in [4.78, 5) is 8.77. The van der Waals surface area contributed by atoms with Crippen LogP contribution in [0.1, 0.15) is 5.69 Å². The van der Waals surface area contributed by atoms with Crippen molar-refractivity contribution in [3.05, 3.63) is 48.0 Å². The minimum atomic E-state index is -0.313. The first-order chi connectivity index (χ1) is 10.7. The molecule has 2 heterocycles. The minimum absolute atomic E-state index is 0.287. The highest BCUT2D eigenvalue weighted by molar-refractivity contribution is 5.53. The van der Waals surface area contributed by atoms with Gasteiger partial charge in [0.05, 0.1) is 7.11 Å². The van der Waals surface area contributed by atoms with Crippen molar-refractivity contribution in [3.8, 4) is 5.75 Å². The monoisotopic (exact) mass is 301 g/mol. The summed E-state index contributed by atoms with van der Waals surface area (Å²) in [5, 5.41) is 0. The molecule has 0 radical (unpaired) electrons. The molecule has 0 spiro atoms. The zero-order chi connectivity index (χ0) is 15.5. The fourth-order valence-corrected chi connectivity index (χ4v) is 2.80. The molecule has 0 saturated carbocycles. The van der Waals surface area contributed by atoms with E-state index < -0.39 is 0 Å². The van der Waals surface area contributed by atoms with Gasteiger partial charge in [-0.15, -0.1) is 0 Å². The van der Waals surface area contributed by atoms with Crippen molar-refractivity contribution in [2.24, 2.45) is 0 Å². The zero-order valence-corrected chi connectivity index (χ0v) is 12.9. The SMILES string of the molecule is COc1ccc(N2CCN(c3ccnc(C)c3)CC2)cc1F. The Kier molecular flexibility index (Phi) is 4.13. The Hall–Kier alpha value is -2.30. The Morgan fingerprint density at radius 3 is 2.18 bits per heavy atom. The largest absolute Gasteiger partial charge is 0.494 e. The third-order valence-corrected chi connectivity index (χ3v) is 4.03. The topological polar surface area (TPSA) is 28.6 Å². The molecule has 1 saturated heterocycles. The van der Waals surface area contributed by atoms with Gasteiger partial charge in [-0.2, -0.15) is 0 Å². The molecule has 3 rings (SSSR count). The molecule has 1 aromatic heterocycles. The predicted molar refractivity (Wildman–Crippen MR) is 86.4 cm³/mol. The van der Waals surface area contributed by atoms with Gasteiger partial charge >= 0.3 is 0 Å². The van der Waals surface area contributed by atoms with E-state index in [1.165, 1.54) is 12.8 Å². The van der Waals surface area contributed by atoms with E-state index in [4.69, 9.17) is 4.74 Å². The third kappa shape index (κ3) is 2.98. The van der Waals surface area contributed by atoms with Crippen LogP contribution in [0.3, 0.4) is 0 Å². The minimum Gasteiger partial charge on any atom is -0.494 e. The van der Waals surface area contributed by atoms with Gasteiger partial charge in [0.15, 0.2) is 11.6 Å². The Balaban J connectivity index is 1.68. The maximum atomic E-state index is 13.8. The number of aromatic nitrogens is 1. The number of ether oxygens (including phenoxy) is 1. The first-order valence-electron chi connectivity index (χ1n) is 7.43. The summed E-state index contributed by atoms with van der Waals surface area (Å²) < 4.78 is 18.8. The summed E-state index contributed by atoms with van der Waals surface area (Å²) in [7, 11) is 1.48. The van der Waals surface area contributed by atoms with Gasteiger partial charge in [-0.1, -0.05) is 0 Å². The van der Waals surface area contributed by atoms with Crippen molar-refractivity contribution in [1.29, 1.82) is 0 Å². The molecule has 4 nitrogen and oxygen atoms in total. The molecule has 0 atom stereocenters. The molecule has 1 aliphatic rings. The molecule has 22 heavy (non-hydrogen) atoms. The molecule has 0 N–H and O–H groups in total. The van der Waals surface area contributed by atoms with Gasteiger partial charge in [0.25, 0.3) is 0 Å². The second-order valence-electron chi connectivity index (χ2n) is 5.45. The molecule has 5 heteroatoms. The van der Waals surface area contributed by atoms with E-state index in [9.17, 15) is 4.39 Å². The van der Waals surface area contributed by atoms with Crippen LogP contribution in [0.15, 0.2) is 36.5 Å². The first kappa shape index (κ1) is 14.6. The van der Waals surface area contributed by atoms with Gasteiger partial charge in [0, 0.05) is 55.5 Å². The fourth-order valence-electron chi connectivity index (χ4n) is 2.80. The zero-order valence-electron chi connectivity index (χ0n) is 12.9. The molecule has 0 bridgehead atoms. The van der Waals surface area contributed by atoms with Crippen molar-refractivity contribution in [3.63, 3.8) is 0 Å². The maximum Gasteiger partial charge on any atom is 0.167 e. The van der Waals surface area contributed by atoms with Gasteiger partial charge in [-0.3, -0.25) is 4.98 Å². The van der Waals surface area contributed by atoms with Crippen molar-refractivity contribution in [2.75, 3.05) is 43.1 Å². The van der Waals surface area contributed by atoms with Crippen molar-refractivity contribution in [1.82, 2.24) is 4.98 Å². The van der Waals surface area contributed by atoms with Crippen molar-refractivity contribution < 1.29 is 9.13 Å². The molecule has 116 valence electrons. The average molecular weight is 301 g/mol. The molecule has 1 aliphatic heterocycles. The van der Waals surface area contributed by atoms with Crippen molar-refractivity contribution in [2.45, 2.75) is 6.92 Å². The van der Waals surface area contributed by atoms with Gasteiger partial charge in [-0.25, -0.2) is 4.39 Å². The standard InChI is InChI=1S/C17H20FN3O/c1-13-11-15(5-6-19-13)21-9-7-20(8-10-21)14-3-4-17(22-2)16(18)12-14/h3-6,11-12H,7-10H2,1-2H3. The Bertz CT molecular complexity index is 654. The number of benzene rings is 1. The summed E-state index contributed by atoms with van der Waals surface area (Å²) in [5.74, 6) is -0.0261. The summed E-state index contributed by atoms with van der Waals surface area (Å²) in [6.07, 6.45) is 1.84. The highest BCUT2D eigenvalue weighted by Gasteiger charge is 2.18. The van der Waals surface area contributed by atoms with E-state index in [-0.39, 0.29) is 11.6 Å². The van der Waals surface area contributed by atoms with Crippen LogP contribution in [-0.4, -0.2) is 38.3 Å². The lowest BCUT2D eigenvalue weighted by Gasteiger charge is -2.37. The lowest BCUT2D eigenvalue weighted by Crippen LogP contribution is -2.46. The van der Waals surface area contributed by atoms with E-state index in [1.54, 1.807) is 12.1 Å². The number of methoxy groups -OCH3 is 1. The summed E-state index contributed by atoms with van der Waals surface area (Å²) in [6, 6.07) is 9.28. The molecule has 0 amide bonds. The molecular formula is C17H20FN3O. The lowest BCUT2D eigenvalue weighted by molar-refractivity contribution is 0.386. The average Bonchev–Trinajstić information content (AvgIpc) is 2.55. The number of rotatable bonds is 3. The smallest absolute Gasteiger partial charge is 0.167 e. The van der Waals surface area contributed by atoms with E-state index in [0.29, 0.717) is 0 Å². The number of pyridine rings is 1. The van der Waals surface area contributed by atoms with Crippen LogP contribution in [0.4, 0.5) is 15.8 Å². The number of piperazine rings is 1. The number of nitrogens with zero attached hydrogens (tertiary/aromatic N) is 3. The summed E-state index contributed by atoms with van der Waals surface area (Å²) >= 11 is 0. The van der Waals surface area contributed by atoms with Crippen LogP contribution in [0.2, 0.25) is 0 Å². The maximum absolute atomic E-state index is 13.8. The Morgan fingerprint density at radius 2 is 1.64 bits per heavy atom. The highest BCUT2D eigenvalue weighted by Crippen LogP contribution is 2.25. The first-order valence-corrected chi connectivity index (χ1v) is 7.43. The third-order valence-electron chi connectivity index (χ3n) is 4.03. The van der Waals surface area contributed by atoms with E-state index in [2.05, 4.69) is 20.9 Å². The quantitative estimate of drug-likeness (QED) is 0.871. The summed E-state index contributed by atoms with van der Waals surface area (Å²) in [6.45, 7) is 5.56. The number of anilines is 2. The van der Waals surface area contributed by atoms with Gasteiger partial charge in [0.2, 0.25) is 0 Å². The van der Waals surface area contributed by atoms with Crippen LogP contribution in [0, 0.1) is 12.7 Å². The highest BCUT2D eigenvalue weighted by atomic mass is 19.1. The van der Waals surface area contributed by atoms with E-state index in [1.807, 2.05) is 25.3 Å². The predicted octanol–water partition coefficient (Wildman–Crippen LogP) is 2.86. The molecule has 1 aromatic carbocycles. The summed E-state index contributed by atoms with van der Waals surface area (Å²) in [5.41, 5.74) is 3.13.